The summed E-state index contributed by atoms with van der Waals surface area (Å²) in [6.07, 6.45) is 2.41. The van der Waals surface area contributed by atoms with Gasteiger partial charge in [0.15, 0.2) is 0 Å². The van der Waals surface area contributed by atoms with Gasteiger partial charge in [0.05, 0.1) is 10.6 Å². The summed E-state index contributed by atoms with van der Waals surface area (Å²) < 4.78 is 0. The van der Waals surface area contributed by atoms with E-state index >= 15 is 0 Å². The highest BCUT2D eigenvalue weighted by Gasteiger charge is 2.23. The normalized spacial score (nSPS) is 21.2. The van der Waals surface area contributed by atoms with Crippen LogP contribution in [0.15, 0.2) is 12.3 Å². The van der Waals surface area contributed by atoms with E-state index in [1.54, 1.807) is 0 Å². The number of hydrogen-bond donors (Lipinski definition) is 1. The fourth-order valence-electron chi connectivity index (χ4n) is 2.45. The minimum Gasteiger partial charge on any atom is -0.478 e. The number of aromatic nitrogens is 1. The molecule has 1 aromatic rings. The van der Waals surface area contributed by atoms with Crippen LogP contribution in [0.4, 0.5) is 5.82 Å². The molecule has 1 saturated heterocycles. The van der Waals surface area contributed by atoms with Gasteiger partial charge in [0.25, 0.3) is 0 Å². The Kier molecular flexibility index (Phi) is 4.27. The van der Waals surface area contributed by atoms with Gasteiger partial charge in [0.1, 0.15) is 5.82 Å². The van der Waals surface area contributed by atoms with E-state index in [1.807, 2.05) is 0 Å². The van der Waals surface area contributed by atoms with Gasteiger partial charge in [0.2, 0.25) is 0 Å². The third kappa shape index (κ3) is 3.16. The molecule has 2 heterocycles. The van der Waals surface area contributed by atoms with Crippen molar-refractivity contribution < 1.29 is 9.90 Å². The first kappa shape index (κ1) is 14.1. The molecule has 0 aromatic carbocycles. The van der Waals surface area contributed by atoms with Crippen molar-refractivity contribution in [3.8, 4) is 0 Å². The number of anilines is 1. The van der Waals surface area contributed by atoms with Gasteiger partial charge >= 0.3 is 5.97 Å². The number of pyridine rings is 1. The number of carboxylic acids is 1. The maximum atomic E-state index is 10.9. The van der Waals surface area contributed by atoms with Crippen LogP contribution in [-0.2, 0) is 0 Å². The molecule has 1 N–H and O–H groups in total. The van der Waals surface area contributed by atoms with Crippen LogP contribution in [0.3, 0.4) is 0 Å². The fraction of sp³-hybridized carbons (Fsp3) is 0.538. The molecule has 0 aliphatic carbocycles. The second kappa shape index (κ2) is 5.75. The van der Waals surface area contributed by atoms with Crippen molar-refractivity contribution in [1.82, 2.24) is 9.88 Å². The number of nitrogens with zero attached hydrogens (tertiary/aromatic N) is 3. The maximum absolute atomic E-state index is 10.9. The molecule has 104 valence electrons. The summed E-state index contributed by atoms with van der Waals surface area (Å²) in [5, 5.41) is 9.32. The van der Waals surface area contributed by atoms with Crippen LogP contribution < -0.4 is 4.90 Å². The molecule has 5 nitrogen and oxygen atoms in total. The number of rotatable bonds is 2. The Morgan fingerprint density at radius 1 is 1.53 bits per heavy atom. The smallest absolute Gasteiger partial charge is 0.337 e. The molecular formula is C13H18ClN3O2. The average molecular weight is 284 g/mol. The topological polar surface area (TPSA) is 56.7 Å². The lowest BCUT2D eigenvalue weighted by atomic mass is 10.2. The van der Waals surface area contributed by atoms with E-state index < -0.39 is 5.97 Å². The van der Waals surface area contributed by atoms with Crippen molar-refractivity contribution in [2.45, 2.75) is 19.4 Å². The minimum atomic E-state index is -1.01. The third-order valence-electron chi connectivity index (χ3n) is 3.39. The third-order valence-corrected chi connectivity index (χ3v) is 3.67. The van der Waals surface area contributed by atoms with Gasteiger partial charge in [-0.2, -0.15) is 0 Å². The highest BCUT2D eigenvalue weighted by Crippen LogP contribution is 2.27. The summed E-state index contributed by atoms with van der Waals surface area (Å²) in [6, 6.07) is 1.77. The maximum Gasteiger partial charge on any atom is 0.337 e. The second-order valence-electron chi connectivity index (χ2n) is 4.99. The highest BCUT2D eigenvalue weighted by molar-refractivity contribution is 6.33. The summed E-state index contributed by atoms with van der Waals surface area (Å²) in [4.78, 5) is 19.6. The molecule has 1 fully saturated rings. The van der Waals surface area contributed by atoms with Gasteiger partial charge in [0, 0.05) is 25.3 Å². The van der Waals surface area contributed by atoms with Crippen molar-refractivity contribution >= 4 is 23.4 Å². The molecule has 1 aromatic heterocycles. The molecular weight excluding hydrogens is 266 g/mol. The molecule has 2 rings (SSSR count). The SMILES string of the molecule is CC1CN(C)CCCN1c1ncc(C(=O)O)cc1Cl. The second-order valence-corrected chi connectivity index (χ2v) is 5.40. The van der Waals surface area contributed by atoms with Crippen LogP contribution in [0.25, 0.3) is 0 Å². The Morgan fingerprint density at radius 2 is 2.26 bits per heavy atom. The van der Waals surface area contributed by atoms with Gasteiger partial charge in [-0.3, -0.25) is 0 Å². The van der Waals surface area contributed by atoms with E-state index in [9.17, 15) is 4.79 Å². The Labute approximate surface area is 117 Å². The quantitative estimate of drug-likeness (QED) is 0.899. The number of hydrogen-bond acceptors (Lipinski definition) is 4. The van der Waals surface area contributed by atoms with E-state index in [1.165, 1.54) is 12.3 Å². The van der Waals surface area contributed by atoms with E-state index in [-0.39, 0.29) is 5.56 Å². The van der Waals surface area contributed by atoms with Crippen molar-refractivity contribution in [1.29, 1.82) is 0 Å². The predicted octanol–water partition coefficient (Wildman–Crippen LogP) is 1.96. The number of likely N-dealkylation sites (N-methyl/N-ethyl adjacent to an activating group) is 1. The first-order valence-corrected chi connectivity index (χ1v) is 6.71. The van der Waals surface area contributed by atoms with Gasteiger partial charge < -0.3 is 14.9 Å². The summed E-state index contributed by atoms with van der Waals surface area (Å²) >= 11 is 6.18. The van der Waals surface area contributed by atoms with E-state index in [0.717, 1.165) is 26.1 Å². The average Bonchev–Trinajstić information content (AvgIpc) is 2.50. The van der Waals surface area contributed by atoms with Crippen LogP contribution in [0, 0.1) is 0 Å². The van der Waals surface area contributed by atoms with Gasteiger partial charge in [-0.25, -0.2) is 9.78 Å². The Morgan fingerprint density at radius 3 is 2.89 bits per heavy atom. The van der Waals surface area contributed by atoms with E-state index in [4.69, 9.17) is 16.7 Å². The highest BCUT2D eigenvalue weighted by atomic mass is 35.5. The van der Waals surface area contributed by atoms with Crippen molar-refractivity contribution in [2.24, 2.45) is 0 Å². The largest absolute Gasteiger partial charge is 0.478 e. The molecule has 1 atom stereocenters. The fourth-order valence-corrected chi connectivity index (χ4v) is 2.72. The standard InChI is InChI=1S/C13H18ClN3O2/c1-9-8-16(2)4-3-5-17(9)12-11(14)6-10(7-15-12)13(18)19/h6-7,9H,3-5,8H2,1-2H3,(H,18,19). The zero-order valence-electron chi connectivity index (χ0n) is 11.1. The summed E-state index contributed by atoms with van der Waals surface area (Å²) in [7, 11) is 2.10. The van der Waals surface area contributed by atoms with Gasteiger partial charge in [-0.05, 0) is 33.0 Å². The Hall–Kier alpha value is -1.33. The lowest BCUT2D eigenvalue weighted by Gasteiger charge is -2.29. The molecule has 19 heavy (non-hydrogen) atoms. The lowest BCUT2D eigenvalue weighted by Crippen LogP contribution is -2.38. The van der Waals surface area contributed by atoms with Crippen LogP contribution in [-0.4, -0.2) is 53.7 Å². The molecule has 0 spiro atoms. The van der Waals surface area contributed by atoms with Crippen LogP contribution in [0.2, 0.25) is 5.02 Å². The van der Waals surface area contributed by atoms with Crippen LogP contribution in [0.5, 0.6) is 0 Å². The molecule has 1 unspecified atom stereocenters. The van der Waals surface area contributed by atoms with Crippen LogP contribution >= 0.6 is 11.6 Å². The Bertz CT molecular complexity index is 481. The number of carboxylic acid groups (broad SMARTS) is 1. The predicted molar refractivity (Wildman–Crippen MR) is 75.1 cm³/mol. The first-order valence-electron chi connectivity index (χ1n) is 6.33. The number of aromatic carboxylic acids is 1. The number of halogens is 1. The molecule has 6 heteroatoms. The first-order chi connectivity index (χ1) is 8.99. The summed E-state index contributed by atoms with van der Waals surface area (Å²) in [5.74, 6) is -0.334. The number of carbonyl (C=O) groups is 1. The van der Waals surface area contributed by atoms with Gasteiger partial charge in [-0.15, -0.1) is 0 Å². The molecule has 0 radical (unpaired) electrons. The van der Waals surface area contributed by atoms with Crippen molar-refractivity contribution in [3.63, 3.8) is 0 Å². The van der Waals surface area contributed by atoms with Gasteiger partial charge in [-0.1, -0.05) is 11.6 Å². The zero-order valence-corrected chi connectivity index (χ0v) is 11.9. The Balaban J connectivity index is 2.27. The molecule has 1 aliphatic heterocycles. The zero-order chi connectivity index (χ0) is 14.0. The van der Waals surface area contributed by atoms with E-state index in [0.29, 0.717) is 16.9 Å². The van der Waals surface area contributed by atoms with Crippen LogP contribution in [0.1, 0.15) is 23.7 Å². The molecule has 0 amide bonds. The minimum absolute atomic E-state index is 0.119. The summed E-state index contributed by atoms with van der Waals surface area (Å²) in [5.41, 5.74) is 0.119. The van der Waals surface area contributed by atoms with Crippen molar-refractivity contribution in [3.05, 3.63) is 22.8 Å². The molecule has 0 saturated carbocycles. The monoisotopic (exact) mass is 283 g/mol. The van der Waals surface area contributed by atoms with Crippen molar-refractivity contribution in [2.75, 3.05) is 31.6 Å². The lowest BCUT2D eigenvalue weighted by molar-refractivity contribution is 0.0696. The summed E-state index contributed by atoms with van der Waals surface area (Å²) in [6.45, 7) is 5.00. The van der Waals surface area contributed by atoms with E-state index in [2.05, 4.69) is 28.8 Å². The molecule has 0 bridgehead atoms. The molecule has 1 aliphatic rings.